The summed E-state index contributed by atoms with van der Waals surface area (Å²) in [5.41, 5.74) is 0. The zero-order valence-corrected chi connectivity index (χ0v) is 4.59. The second-order valence-electron chi connectivity index (χ2n) is 2.11. The van der Waals surface area contributed by atoms with Crippen LogP contribution in [0.25, 0.3) is 0 Å². The molecule has 2 heteroatoms. The first kappa shape index (κ1) is 5.06. The Balaban J connectivity index is 2.16. The first-order valence-electron chi connectivity index (χ1n) is 2.65. The molecule has 0 amide bonds. The molecule has 1 N–H and O–H groups in total. The van der Waals surface area contributed by atoms with E-state index in [2.05, 4.69) is 4.90 Å². The van der Waals surface area contributed by atoms with Crippen molar-refractivity contribution in [3.63, 3.8) is 0 Å². The van der Waals surface area contributed by atoms with Gasteiger partial charge in [-0.25, -0.2) is 0 Å². The van der Waals surface area contributed by atoms with Crippen molar-refractivity contribution < 1.29 is 5.11 Å². The molecule has 1 rings (SSSR count). The van der Waals surface area contributed by atoms with Gasteiger partial charge in [0, 0.05) is 6.04 Å². The smallest absolute Gasteiger partial charge is 0.0587 e. The predicted molar refractivity (Wildman–Crippen MR) is 28.1 cm³/mol. The van der Waals surface area contributed by atoms with Crippen LogP contribution in [0, 0.1) is 0 Å². The normalized spacial score (nSPS) is 32.6. The zero-order chi connectivity index (χ0) is 5.28. The number of aliphatic hydroxyl groups is 1. The van der Waals surface area contributed by atoms with E-state index in [1.807, 2.05) is 7.05 Å². The summed E-state index contributed by atoms with van der Waals surface area (Å²) in [5, 5.41) is 8.51. The van der Waals surface area contributed by atoms with E-state index in [1.165, 1.54) is 6.42 Å². The predicted octanol–water partition coefficient (Wildman–Crippen LogP) is -0.317. The Morgan fingerprint density at radius 3 is 2.57 bits per heavy atom. The molecular weight excluding hydrogens is 90.1 g/mol. The molecule has 0 radical (unpaired) electrons. The van der Waals surface area contributed by atoms with Gasteiger partial charge in [0.05, 0.1) is 6.61 Å². The van der Waals surface area contributed by atoms with E-state index in [9.17, 15) is 0 Å². The van der Waals surface area contributed by atoms with E-state index in [0.29, 0.717) is 12.6 Å². The first-order chi connectivity index (χ1) is 3.34. The fourth-order valence-corrected chi connectivity index (χ4v) is 0.801. The van der Waals surface area contributed by atoms with Gasteiger partial charge in [-0.1, -0.05) is 0 Å². The van der Waals surface area contributed by atoms with Gasteiger partial charge in [0.25, 0.3) is 0 Å². The summed E-state index contributed by atoms with van der Waals surface area (Å²) < 4.78 is 0. The fraction of sp³-hybridized carbons (Fsp3) is 1.00. The summed E-state index contributed by atoms with van der Waals surface area (Å²) in [6.45, 7) is 1.49. The number of hydrogen-bond acceptors (Lipinski definition) is 2. The Bertz CT molecular complexity index is 63.1. The summed E-state index contributed by atoms with van der Waals surface area (Å²) in [7, 11) is 2.03. The fourth-order valence-electron chi connectivity index (χ4n) is 0.801. The standard InChI is InChI=1S/C5H11NO/c1-6-3-2-5(6)4-7/h5,7H,2-4H2,1H3/t5-/m1/s1. The Labute approximate surface area is 43.7 Å². The molecular formula is C5H11NO. The minimum Gasteiger partial charge on any atom is -0.395 e. The molecule has 0 aliphatic carbocycles. The van der Waals surface area contributed by atoms with Gasteiger partial charge < -0.3 is 10.0 Å². The third-order valence-electron chi connectivity index (χ3n) is 1.65. The quantitative estimate of drug-likeness (QED) is 0.489. The van der Waals surface area contributed by atoms with Gasteiger partial charge >= 0.3 is 0 Å². The van der Waals surface area contributed by atoms with Crippen LogP contribution < -0.4 is 0 Å². The summed E-state index contributed by atoms with van der Waals surface area (Å²) in [6, 6.07) is 0.472. The van der Waals surface area contributed by atoms with Crippen LogP contribution in [0.2, 0.25) is 0 Å². The topological polar surface area (TPSA) is 23.5 Å². The molecule has 0 saturated carbocycles. The molecule has 0 spiro atoms. The zero-order valence-electron chi connectivity index (χ0n) is 4.59. The molecule has 1 saturated heterocycles. The maximum Gasteiger partial charge on any atom is 0.0587 e. The third-order valence-corrected chi connectivity index (χ3v) is 1.65. The lowest BCUT2D eigenvalue weighted by atomic mass is 10.1. The Morgan fingerprint density at radius 2 is 2.57 bits per heavy atom. The Hall–Kier alpha value is -0.0800. The largest absolute Gasteiger partial charge is 0.395 e. The molecule has 1 fully saturated rings. The molecule has 0 bridgehead atoms. The summed E-state index contributed by atoms with van der Waals surface area (Å²) in [6.07, 6.45) is 1.17. The van der Waals surface area contributed by atoms with Crippen LogP contribution in [-0.2, 0) is 0 Å². The van der Waals surface area contributed by atoms with Crippen molar-refractivity contribution >= 4 is 0 Å². The van der Waals surface area contributed by atoms with E-state index in [0.717, 1.165) is 6.54 Å². The summed E-state index contributed by atoms with van der Waals surface area (Å²) in [5.74, 6) is 0. The van der Waals surface area contributed by atoms with Gasteiger partial charge in [0.15, 0.2) is 0 Å². The molecule has 2 nitrogen and oxygen atoms in total. The second-order valence-corrected chi connectivity index (χ2v) is 2.11. The van der Waals surface area contributed by atoms with Gasteiger partial charge in [-0.05, 0) is 20.0 Å². The lowest BCUT2D eigenvalue weighted by Gasteiger charge is -2.36. The number of aliphatic hydroxyl groups excluding tert-OH is 1. The van der Waals surface area contributed by atoms with Crippen LogP contribution in [0.3, 0.4) is 0 Å². The van der Waals surface area contributed by atoms with Crippen molar-refractivity contribution in [2.24, 2.45) is 0 Å². The van der Waals surface area contributed by atoms with Gasteiger partial charge in [-0.15, -0.1) is 0 Å². The van der Waals surface area contributed by atoms with Crippen LogP contribution in [-0.4, -0.2) is 36.2 Å². The minimum atomic E-state index is 0.330. The van der Waals surface area contributed by atoms with Crippen molar-refractivity contribution in [3.8, 4) is 0 Å². The van der Waals surface area contributed by atoms with Crippen LogP contribution in [0.15, 0.2) is 0 Å². The number of rotatable bonds is 1. The SMILES string of the molecule is CN1CC[C@@H]1CO. The number of hydrogen-bond donors (Lipinski definition) is 1. The molecule has 7 heavy (non-hydrogen) atoms. The minimum absolute atomic E-state index is 0.330. The summed E-state index contributed by atoms with van der Waals surface area (Å²) >= 11 is 0. The van der Waals surface area contributed by atoms with Crippen LogP contribution in [0.1, 0.15) is 6.42 Å². The number of likely N-dealkylation sites (tertiary alicyclic amines) is 1. The van der Waals surface area contributed by atoms with Crippen LogP contribution in [0.4, 0.5) is 0 Å². The number of nitrogens with zero attached hydrogens (tertiary/aromatic N) is 1. The van der Waals surface area contributed by atoms with Gasteiger partial charge in [0.2, 0.25) is 0 Å². The van der Waals surface area contributed by atoms with Gasteiger partial charge in [-0.2, -0.15) is 0 Å². The molecule has 1 aliphatic heterocycles. The van der Waals surface area contributed by atoms with Crippen molar-refractivity contribution in [1.29, 1.82) is 0 Å². The highest BCUT2D eigenvalue weighted by Gasteiger charge is 2.21. The van der Waals surface area contributed by atoms with Crippen molar-refractivity contribution in [3.05, 3.63) is 0 Å². The second kappa shape index (κ2) is 1.80. The van der Waals surface area contributed by atoms with Crippen LogP contribution >= 0.6 is 0 Å². The molecule has 1 aliphatic rings. The lowest BCUT2D eigenvalue weighted by Crippen LogP contribution is -2.46. The highest BCUT2D eigenvalue weighted by atomic mass is 16.3. The highest BCUT2D eigenvalue weighted by Crippen LogP contribution is 2.11. The summed E-state index contributed by atoms with van der Waals surface area (Å²) in [4.78, 5) is 2.15. The maximum atomic E-state index is 8.51. The Kier molecular flexibility index (Phi) is 1.30. The average Bonchev–Trinajstić information content (AvgIpc) is 1.65. The first-order valence-corrected chi connectivity index (χ1v) is 2.65. The molecule has 1 heterocycles. The average molecular weight is 101 g/mol. The van der Waals surface area contributed by atoms with Crippen molar-refractivity contribution in [1.82, 2.24) is 4.90 Å². The van der Waals surface area contributed by atoms with Crippen molar-refractivity contribution in [2.45, 2.75) is 12.5 Å². The van der Waals surface area contributed by atoms with E-state index in [-0.39, 0.29) is 0 Å². The molecule has 0 aromatic carbocycles. The molecule has 42 valence electrons. The molecule has 0 unspecified atom stereocenters. The highest BCUT2D eigenvalue weighted by molar-refractivity contribution is 4.77. The monoisotopic (exact) mass is 101 g/mol. The Morgan fingerprint density at radius 1 is 1.86 bits per heavy atom. The van der Waals surface area contributed by atoms with E-state index in [1.54, 1.807) is 0 Å². The van der Waals surface area contributed by atoms with E-state index in [4.69, 9.17) is 5.11 Å². The van der Waals surface area contributed by atoms with Gasteiger partial charge in [-0.3, -0.25) is 0 Å². The third kappa shape index (κ3) is 0.763. The van der Waals surface area contributed by atoms with E-state index < -0.39 is 0 Å². The maximum absolute atomic E-state index is 8.51. The molecule has 1 atom stereocenters. The molecule has 0 aromatic rings. The van der Waals surface area contributed by atoms with Crippen LogP contribution in [0.5, 0.6) is 0 Å². The lowest BCUT2D eigenvalue weighted by molar-refractivity contribution is 0.0672. The molecule has 0 aromatic heterocycles. The van der Waals surface area contributed by atoms with Crippen molar-refractivity contribution in [2.75, 3.05) is 20.2 Å². The van der Waals surface area contributed by atoms with Gasteiger partial charge in [0.1, 0.15) is 0 Å². The number of likely N-dealkylation sites (N-methyl/N-ethyl adjacent to an activating group) is 1. The van der Waals surface area contributed by atoms with E-state index >= 15 is 0 Å².